The number of benzene rings is 4. The maximum atomic E-state index is 13.2. The van der Waals surface area contributed by atoms with Crippen LogP contribution in [0.4, 0.5) is 17.1 Å². The van der Waals surface area contributed by atoms with E-state index in [2.05, 4.69) is 5.32 Å². The van der Waals surface area contributed by atoms with Gasteiger partial charge in [-0.25, -0.2) is 4.79 Å². The topological polar surface area (TPSA) is 86.7 Å². The van der Waals surface area contributed by atoms with Crippen molar-refractivity contribution < 1.29 is 19.5 Å². The van der Waals surface area contributed by atoms with Gasteiger partial charge in [-0.15, -0.1) is 0 Å². The minimum atomic E-state index is -1.23. The Kier molecular flexibility index (Phi) is 6.94. The van der Waals surface area contributed by atoms with Gasteiger partial charge in [0.1, 0.15) is 0 Å². The standard InChI is InChI=1S/C28H21ClN2O4/c1-31(25-13-9-22(29)10-14-25)24-11-7-18(8-12-24)26(32)19-15-20(17-21(16-19)28(34)35)27(33)30-23-5-3-2-4-6-23/h2-17H,1H3,(H,30,33)(H,34,35). The Bertz CT molecular complexity index is 1390. The molecular weight excluding hydrogens is 464 g/mol. The highest BCUT2D eigenvalue weighted by Gasteiger charge is 2.18. The van der Waals surface area contributed by atoms with E-state index < -0.39 is 11.9 Å². The van der Waals surface area contributed by atoms with Crippen LogP contribution in [0.25, 0.3) is 0 Å². The highest BCUT2D eigenvalue weighted by Crippen LogP contribution is 2.26. The van der Waals surface area contributed by atoms with Crippen LogP contribution in [-0.2, 0) is 0 Å². The van der Waals surface area contributed by atoms with E-state index in [1.807, 2.05) is 30.1 Å². The molecule has 2 N–H and O–H groups in total. The summed E-state index contributed by atoms with van der Waals surface area (Å²) in [6.45, 7) is 0. The van der Waals surface area contributed by atoms with E-state index in [9.17, 15) is 19.5 Å². The minimum absolute atomic E-state index is 0.0798. The second-order valence-corrected chi connectivity index (χ2v) is 8.27. The molecule has 0 fully saturated rings. The number of aromatic carboxylic acids is 1. The summed E-state index contributed by atoms with van der Waals surface area (Å²) in [7, 11) is 1.90. The Hall–Kier alpha value is -4.42. The second-order valence-electron chi connectivity index (χ2n) is 7.84. The molecule has 0 aliphatic heterocycles. The van der Waals surface area contributed by atoms with Crippen LogP contribution in [0.15, 0.2) is 97.1 Å². The molecule has 35 heavy (non-hydrogen) atoms. The van der Waals surface area contributed by atoms with E-state index in [0.29, 0.717) is 16.3 Å². The van der Waals surface area contributed by atoms with Gasteiger partial charge in [0, 0.05) is 45.8 Å². The predicted molar refractivity (Wildman–Crippen MR) is 137 cm³/mol. The van der Waals surface area contributed by atoms with Crippen molar-refractivity contribution in [3.05, 3.63) is 124 Å². The van der Waals surface area contributed by atoms with Crippen molar-refractivity contribution in [2.45, 2.75) is 0 Å². The molecule has 0 radical (unpaired) electrons. The van der Waals surface area contributed by atoms with E-state index >= 15 is 0 Å². The molecule has 4 aromatic rings. The molecule has 6 nitrogen and oxygen atoms in total. The Morgan fingerprint density at radius 1 is 0.714 bits per heavy atom. The molecule has 1 amide bonds. The molecule has 0 aliphatic rings. The fraction of sp³-hybridized carbons (Fsp3) is 0.0357. The van der Waals surface area contributed by atoms with Crippen molar-refractivity contribution >= 4 is 46.3 Å². The molecule has 0 unspecified atom stereocenters. The van der Waals surface area contributed by atoms with Crippen molar-refractivity contribution in [1.29, 1.82) is 0 Å². The third-order valence-corrected chi connectivity index (χ3v) is 5.72. The lowest BCUT2D eigenvalue weighted by molar-refractivity contribution is 0.0697. The number of carbonyl (C=O) groups excluding carboxylic acids is 2. The molecule has 0 atom stereocenters. The van der Waals surface area contributed by atoms with E-state index in [1.54, 1.807) is 60.7 Å². The smallest absolute Gasteiger partial charge is 0.335 e. The third kappa shape index (κ3) is 5.57. The van der Waals surface area contributed by atoms with Gasteiger partial charge in [0.2, 0.25) is 0 Å². The first-order valence-electron chi connectivity index (χ1n) is 10.7. The number of hydrogen-bond donors (Lipinski definition) is 2. The van der Waals surface area contributed by atoms with Gasteiger partial charge in [0.05, 0.1) is 5.56 Å². The summed E-state index contributed by atoms with van der Waals surface area (Å²) in [5.74, 6) is -2.12. The van der Waals surface area contributed by atoms with E-state index in [4.69, 9.17) is 11.6 Å². The molecule has 7 heteroatoms. The first-order valence-corrected chi connectivity index (χ1v) is 11.1. The van der Waals surface area contributed by atoms with Crippen LogP contribution in [0.5, 0.6) is 0 Å². The molecule has 0 aromatic heterocycles. The Morgan fingerprint density at radius 3 is 1.86 bits per heavy atom. The summed E-state index contributed by atoms with van der Waals surface area (Å²) in [5, 5.41) is 12.9. The Morgan fingerprint density at radius 2 is 1.26 bits per heavy atom. The molecule has 0 spiro atoms. The number of carbonyl (C=O) groups is 3. The van der Waals surface area contributed by atoms with E-state index in [1.165, 1.54) is 18.2 Å². The number of nitrogens with zero attached hydrogens (tertiary/aromatic N) is 1. The average molecular weight is 485 g/mol. The van der Waals surface area contributed by atoms with Crippen molar-refractivity contribution in [2.24, 2.45) is 0 Å². The average Bonchev–Trinajstić information content (AvgIpc) is 2.88. The van der Waals surface area contributed by atoms with Gasteiger partial charge in [-0.1, -0.05) is 29.8 Å². The number of hydrogen-bond acceptors (Lipinski definition) is 4. The number of nitrogens with one attached hydrogen (secondary N) is 1. The number of carboxylic acid groups (broad SMARTS) is 1. The van der Waals surface area contributed by atoms with Crippen LogP contribution in [0, 0.1) is 0 Å². The van der Waals surface area contributed by atoms with Crippen molar-refractivity contribution in [3.63, 3.8) is 0 Å². The van der Waals surface area contributed by atoms with Crippen LogP contribution in [-0.4, -0.2) is 29.8 Å². The van der Waals surface area contributed by atoms with Gasteiger partial charge in [-0.3, -0.25) is 9.59 Å². The van der Waals surface area contributed by atoms with Gasteiger partial charge in [-0.2, -0.15) is 0 Å². The normalized spacial score (nSPS) is 10.5. The summed E-state index contributed by atoms with van der Waals surface area (Å²) >= 11 is 5.96. The van der Waals surface area contributed by atoms with Gasteiger partial charge < -0.3 is 15.3 Å². The van der Waals surface area contributed by atoms with E-state index in [0.717, 1.165) is 11.4 Å². The molecule has 0 saturated heterocycles. The zero-order valence-corrected chi connectivity index (χ0v) is 19.5. The van der Waals surface area contributed by atoms with Crippen LogP contribution in [0.3, 0.4) is 0 Å². The molecule has 4 aromatic carbocycles. The van der Waals surface area contributed by atoms with Crippen LogP contribution in [0.1, 0.15) is 36.6 Å². The highest BCUT2D eigenvalue weighted by molar-refractivity contribution is 6.30. The maximum absolute atomic E-state index is 13.2. The molecule has 4 rings (SSSR count). The van der Waals surface area contributed by atoms with Crippen molar-refractivity contribution in [3.8, 4) is 0 Å². The zero-order valence-electron chi connectivity index (χ0n) is 18.7. The number of carboxylic acids is 1. The number of ketones is 1. The summed E-state index contributed by atoms with van der Waals surface area (Å²) in [5.41, 5.74) is 2.76. The van der Waals surface area contributed by atoms with Crippen LogP contribution >= 0.6 is 11.6 Å². The summed E-state index contributed by atoms with van der Waals surface area (Å²) < 4.78 is 0. The fourth-order valence-electron chi connectivity index (χ4n) is 3.55. The third-order valence-electron chi connectivity index (χ3n) is 5.47. The molecule has 0 bridgehead atoms. The number of anilines is 3. The van der Waals surface area contributed by atoms with E-state index in [-0.39, 0.29) is 22.5 Å². The minimum Gasteiger partial charge on any atom is -0.478 e. The molecule has 0 heterocycles. The highest BCUT2D eigenvalue weighted by atomic mass is 35.5. The van der Waals surface area contributed by atoms with Crippen LogP contribution < -0.4 is 10.2 Å². The Labute approximate surface area is 207 Å². The number of para-hydroxylation sites is 1. The summed E-state index contributed by atoms with van der Waals surface area (Å²) in [6.07, 6.45) is 0. The van der Waals surface area contributed by atoms with Gasteiger partial charge in [-0.05, 0) is 78.9 Å². The lowest BCUT2D eigenvalue weighted by Crippen LogP contribution is -2.15. The number of amides is 1. The number of rotatable bonds is 7. The maximum Gasteiger partial charge on any atom is 0.335 e. The lowest BCUT2D eigenvalue weighted by Gasteiger charge is -2.19. The largest absolute Gasteiger partial charge is 0.478 e. The molecule has 174 valence electrons. The number of halogens is 1. The first-order chi connectivity index (χ1) is 16.8. The Balaban J connectivity index is 1.60. The van der Waals surface area contributed by atoms with Gasteiger partial charge in [0.25, 0.3) is 5.91 Å². The zero-order chi connectivity index (χ0) is 24.9. The van der Waals surface area contributed by atoms with Crippen molar-refractivity contribution in [1.82, 2.24) is 0 Å². The second kappa shape index (κ2) is 10.2. The molecular formula is C28H21ClN2O4. The van der Waals surface area contributed by atoms with Gasteiger partial charge >= 0.3 is 5.97 Å². The molecule has 0 saturated carbocycles. The quantitative estimate of drug-likeness (QED) is 0.301. The molecule has 0 aliphatic carbocycles. The summed E-state index contributed by atoms with van der Waals surface area (Å²) in [6, 6.07) is 27.0. The van der Waals surface area contributed by atoms with Crippen molar-refractivity contribution in [2.75, 3.05) is 17.3 Å². The van der Waals surface area contributed by atoms with Crippen LogP contribution in [0.2, 0.25) is 5.02 Å². The first kappa shape index (κ1) is 23.7. The predicted octanol–water partition coefficient (Wildman–Crippen LogP) is 6.29. The monoisotopic (exact) mass is 484 g/mol. The summed E-state index contributed by atoms with van der Waals surface area (Å²) in [4.78, 5) is 39.5. The van der Waals surface area contributed by atoms with Gasteiger partial charge in [0.15, 0.2) is 5.78 Å². The fourth-order valence-corrected chi connectivity index (χ4v) is 3.68. The lowest BCUT2D eigenvalue weighted by atomic mass is 9.98. The SMILES string of the molecule is CN(c1ccc(Cl)cc1)c1ccc(C(=O)c2cc(C(=O)O)cc(C(=O)Nc3ccccc3)c2)cc1.